The lowest BCUT2D eigenvalue weighted by Gasteiger charge is -2.31. The molecule has 0 aliphatic heterocycles. The van der Waals surface area contributed by atoms with Gasteiger partial charge in [-0.2, -0.15) is 0 Å². The third-order valence-electron chi connectivity index (χ3n) is 11.5. The highest BCUT2D eigenvalue weighted by Crippen LogP contribution is 2.50. The molecule has 58 heavy (non-hydrogen) atoms. The van der Waals surface area contributed by atoms with E-state index in [1.807, 2.05) is 11.3 Å². The largest absolute Gasteiger partial charge is 0.309 e. The van der Waals surface area contributed by atoms with E-state index >= 15 is 0 Å². The van der Waals surface area contributed by atoms with Gasteiger partial charge in [-0.05, 0) is 85.4 Å². The van der Waals surface area contributed by atoms with Gasteiger partial charge in [0.05, 0.1) is 5.69 Å². The van der Waals surface area contributed by atoms with Crippen LogP contribution in [0.5, 0.6) is 0 Å². The summed E-state index contributed by atoms with van der Waals surface area (Å²) in [6.07, 6.45) is 0. The van der Waals surface area contributed by atoms with Crippen molar-refractivity contribution in [2.75, 3.05) is 4.90 Å². The molecule has 0 saturated carbocycles. The molecule has 0 radical (unpaired) electrons. The number of nitrogens with zero attached hydrogens (tertiary/aromatic N) is 1. The van der Waals surface area contributed by atoms with Crippen LogP contribution in [-0.2, 0) is 0 Å². The second kappa shape index (κ2) is 14.4. The Morgan fingerprint density at radius 3 is 1.24 bits per heavy atom. The number of hydrogen-bond donors (Lipinski definition) is 0. The molecule has 0 amide bonds. The second-order valence-corrected chi connectivity index (χ2v) is 15.9. The van der Waals surface area contributed by atoms with E-state index in [9.17, 15) is 0 Å². The van der Waals surface area contributed by atoms with Gasteiger partial charge < -0.3 is 4.90 Å². The smallest absolute Gasteiger partial charge is 0.0624 e. The predicted molar refractivity (Wildman–Crippen MR) is 251 cm³/mol. The Kier molecular flexibility index (Phi) is 8.42. The maximum atomic E-state index is 2.49. The summed E-state index contributed by atoms with van der Waals surface area (Å²) in [4.78, 5) is 2.49. The molecule has 0 bridgehead atoms. The first-order valence-electron chi connectivity index (χ1n) is 19.8. The highest BCUT2D eigenvalue weighted by molar-refractivity contribution is 7.25. The van der Waals surface area contributed by atoms with Crippen molar-refractivity contribution in [3.05, 3.63) is 224 Å². The fourth-order valence-corrected chi connectivity index (χ4v) is 9.80. The molecule has 11 rings (SSSR count). The van der Waals surface area contributed by atoms with E-state index in [1.54, 1.807) is 0 Å². The summed E-state index contributed by atoms with van der Waals surface area (Å²) in [7, 11) is 0. The molecule has 272 valence electrons. The van der Waals surface area contributed by atoms with Crippen LogP contribution in [0.3, 0.4) is 0 Å². The Bertz CT molecular complexity index is 3240. The van der Waals surface area contributed by atoms with Gasteiger partial charge in [0.1, 0.15) is 0 Å². The Balaban J connectivity index is 1.05. The quantitative estimate of drug-likeness (QED) is 0.146. The van der Waals surface area contributed by atoms with Crippen LogP contribution >= 0.6 is 11.3 Å². The van der Waals surface area contributed by atoms with E-state index in [-0.39, 0.29) is 0 Å². The van der Waals surface area contributed by atoms with Gasteiger partial charge in [-0.15, -0.1) is 11.3 Å². The van der Waals surface area contributed by atoms with Gasteiger partial charge in [0.2, 0.25) is 0 Å². The average molecular weight is 756 g/mol. The van der Waals surface area contributed by atoms with Gasteiger partial charge in [-0.1, -0.05) is 194 Å². The van der Waals surface area contributed by atoms with E-state index in [0.29, 0.717) is 0 Å². The lowest BCUT2D eigenvalue weighted by atomic mass is 9.90. The summed E-state index contributed by atoms with van der Waals surface area (Å²) in [6.45, 7) is 0. The molecule has 0 atom stereocenters. The van der Waals surface area contributed by atoms with Crippen molar-refractivity contribution < 1.29 is 0 Å². The van der Waals surface area contributed by atoms with Gasteiger partial charge in [0.15, 0.2) is 0 Å². The van der Waals surface area contributed by atoms with E-state index < -0.39 is 0 Å². The molecule has 10 aromatic carbocycles. The molecule has 11 aromatic rings. The molecule has 1 heterocycles. The Labute approximate surface area is 342 Å². The number of rotatable bonds is 7. The minimum absolute atomic E-state index is 1.11. The number of hydrogen-bond acceptors (Lipinski definition) is 2. The van der Waals surface area contributed by atoms with Crippen LogP contribution < -0.4 is 4.90 Å². The first kappa shape index (κ1) is 34.0. The fraction of sp³-hybridized carbons (Fsp3) is 0. The highest BCUT2D eigenvalue weighted by Gasteiger charge is 2.24. The topological polar surface area (TPSA) is 3.24 Å². The summed E-state index contributed by atoms with van der Waals surface area (Å²) in [5.41, 5.74) is 13.1. The molecule has 1 aromatic heterocycles. The molecule has 0 spiro atoms. The molecule has 1 nitrogen and oxygen atoms in total. The molecule has 0 saturated heterocycles. The molecule has 0 N–H and O–H groups in total. The lowest BCUT2D eigenvalue weighted by molar-refractivity contribution is 1.31. The van der Waals surface area contributed by atoms with Crippen LogP contribution in [-0.4, -0.2) is 0 Å². The predicted octanol–water partition coefficient (Wildman–Crippen LogP) is 16.5. The van der Waals surface area contributed by atoms with E-state index in [4.69, 9.17) is 0 Å². The van der Waals surface area contributed by atoms with Crippen molar-refractivity contribution in [1.29, 1.82) is 0 Å². The highest BCUT2D eigenvalue weighted by atomic mass is 32.1. The number of benzene rings is 10. The lowest BCUT2D eigenvalue weighted by Crippen LogP contribution is -2.12. The molecule has 2 heteroatoms. The van der Waals surface area contributed by atoms with Gasteiger partial charge in [-0.3, -0.25) is 0 Å². The molecule has 0 fully saturated rings. The normalized spacial score (nSPS) is 11.4. The van der Waals surface area contributed by atoms with Gasteiger partial charge >= 0.3 is 0 Å². The van der Waals surface area contributed by atoms with Crippen molar-refractivity contribution in [2.24, 2.45) is 0 Å². The van der Waals surface area contributed by atoms with Gasteiger partial charge in [-0.25, -0.2) is 0 Å². The summed E-state index contributed by atoms with van der Waals surface area (Å²) in [6, 6.07) is 81.9. The van der Waals surface area contributed by atoms with Crippen LogP contribution in [0.15, 0.2) is 224 Å². The second-order valence-electron chi connectivity index (χ2n) is 14.9. The first-order chi connectivity index (χ1) is 28.8. The monoisotopic (exact) mass is 755 g/mol. The Hall–Kier alpha value is -7.26. The molecular weight excluding hydrogens is 719 g/mol. The molecule has 0 aliphatic rings. The maximum Gasteiger partial charge on any atom is 0.0624 e. The van der Waals surface area contributed by atoms with Gasteiger partial charge in [0, 0.05) is 42.5 Å². The SMILES string of the molecule is c1ccc(-c2ccc(-c3ccc(-c4ccc(N(c5ccc6c(c5)sc5ccccc56)c5c(-c6ccccc6)c6ccccc6c6ccccc56)cc4)cc3)cc2)cc1. The van der Waals surface area contributed by atoms with Crippen LogP contribution in [0.25, 0.3) is 86.2 Å². The van der Waals surface area contributed by atoms with Crippen LogP contribution in [0.4, 0.5) is 17.1 Å². The molecule has 0 unspecified atom stereocenters. The molecular formula is C56H37NS. The summed E-state index contributed by atoms with van der Waals surface area (Å²) < 4.78 is 2.59. The summed E-state index contributed by atoms with van der Waals surface area (Å²) >= 11 is 1.86. The van der Waals surface area contributed by atoms with Crippen molar-refractivity contribution in [3.63, 3.8) is 0 Å². The third kappa shape index (κ3) is 5.94. The first-order valence-corrected chi connectivity index (χ1v) is 20.7. The van der Waals surface area contributed by atoms with Crippen LogP contribution in [0, 0.1) is 0 Å². The van der Waals surface area contributed by atoms with Crippen molar-refractivity contribution in [3.8, 4) is 44.5 Å². The third-order valence-corrected chi connectivity index (χ3v) is 12.6. The van der Waals surface area contributed by atoms with Crippen molar-refractivity contribution in [2.45, 2.75) is 0 Å². The summed E-state index contributed by atoms with van der Waals surface area (Å²) in [5.74, 6) is 0. The van der Waals surface area contributed by atoms with Gasteiger partial charge in [0.25, 0.3) is 0 Å². The minimum atomic E-state index is 1.11. The Morgan fingerprint density at radius 2 is 0.655 bits per heavy atom. The standard InChI is InChI=1S/C56H37NS/c1-3-13-38(14-4-1)39-23-25-40(26-24-39)41-27-29-42(30-28-41)43-31-33-45(34-32-43)57(46-35-36-50-49-19-11-12-22-53(49)58-54(50)37-46)56-52-21-10-8-18-48(52)47-17-7-9-20-51(47)55(56)44-15-5-2-6-16-44/h1-37H. The van der Waals surface area contributed by atoms with Crippen LogP contribution in [0.1, 0.15) is 0 Å². The van der Waals surface area contributed by atoms with E-state index in [0.717, 1.165) is 11.4 Å². The van der Waals surface area contributed by atoms with Crippen molar-refractivity contribution >= 4 is 70.1 Å². The Morgan fingerprint density at radius 1 is 0.259 bits per heavy atom. The zero-order chi connectivity index (χ0) is 38.4. The van der Waals surface area contributed by atoms with Crippen molar-refractivity contribution in [1.82, 2.24) is 0 Å². The number of fused-ring (bicyclic) bond motifs is 6. The van der Waals surface area contributed by atoms with E-state index in [2.05, 4.69) is 229 Å². The van der Waals surface area contributed by atoms with Crippen LogP contribution in [0.2, 0.25) is 0 Å². The fourth-order valence-electron chi connectivity index (χ4n) is 8.66. The maximum absolute atomic E-state index is 2.49. The average Bonchev–Trinajstić information content (AvgIpc) is 3.68. The molecule has 0 aliphatic carbocycles. The summed E-state index contributed by atoms with van der Waals surface area (Å²) in [5, 5.41) is 7.55. The number of anilines is 3. The number of thiophene rings is 1. The van der Waals surface area contributed by atoms with E-state index in [1.165, 1.54) is 91.9 Å². The zero-order valence-electron chi connectivity index (χ0n) is 31.7. The zero-order valence-corrected chi connectivity index (χ0v) is 32.5. The minimum Gasteiger partial charge on any atom is -0.309 e.